The van der Waals surface area contributed by atoms with E-state index in [1.165, 1.54) is 0 Å². The predicted molar refractivity (Wildman–Crippen MR) is 115 cm³/mol. The number of benzene rings is 1. The minimum atomic E-state index is 0.189. The lowest BCUT2D eigenvalue weighted by Gasteiger charge is -2.16. The van der Waals surface area contributed by atoms with Gasteiger partial charge in [0.2, 0.25) is 5.91 Å². The van der Waals surface area contributed by atoms with Crippen molar-refractivity contribution in [1.82, 2.24) is 24.6 Å². The van der Waals surface area contributed by atoms with Gasteiger partial charge >= 0.3 is 0 Å². The molecule has 0 radical (unpaired) electrons. The topological polar surface area (TPSA) is 76.0 Å². The van der Waals surface area contributed by atoms with Gasteiger partial charge < -0.3 is 14.2 Å². The molecule has 1 amide bonds. The summed E-state index contributed by atoms with van der Waals surface area (Å²) in [6.45, 7) is 4.65. The zero-order valence-electron chi connectivity index (χ0n) is 17.1. The van der Waals surface area contributed by atoms with Crippen molar-refractivity contribution in [2.45, 2.75) is 38.6 Å². The normalized spacial score (nSPS) is 16.2. The Labute approximate surface area is 181 Å². The SMILES string of the molecule is Cc1nccn1CCC(=O)N1CCC(c2cc(CCOc3ccccc3Cl)[nH]n2)C1. The molecule has 4 rings (SSSR count). The maximum atomic E-state index is 12.6. The first-order valence-electron chi connectivity index (χ1n) is 10.3. The summed E-state index contributed by atoms with van der Waals surface area (Å²) >= 11 is 6.11. The van der Waals surface area contributed by atoms with Gasteiger partial charge in [-0.2, -0.15) is 5.10 Å². The highest BCUT2D eigenvalue weighted by molar-refractivity contribution is 6.32. The molecule has 3 heterocycles. The summed E-state index contributed by atoms with van der Waals surface area (Å²) in [5, 5.41) is 8.19. The van der Waals surface area contributed by atoms with Crippen molar-refractivity contribution in [3.05, 3.63) is 65.0 Å². The number of likely N-dealkylation sites (tertiary alicyclic amines) is 1. The standard InChI is InChI=1S/C22H26ClN5O2/c1-16-24-9-12-27(16)11-7-22(29)28-10-6-17(15-28)20-14-18(25-26-20)8-13-30-21-5-3-2-4-19(21)23/h2-5,9,12,14,17H,6-8,10-11,13,15H2,1H3,(H,25,26). The lowest BCUT2D eigenvalue weighted by molar-refractivity contribution is -0.130. The Balaban J connectivity index is 1.24. The van der Waals surface area contributed by atoms with E-state index < -0.39 is 0 Å². The average Bonchev–Trinajstić information content (AvgIpc) is 3.48. The maximum Gasteiger partial charge on any atom is 0.224 e. The van der Waals surface area contributed by atoms with Crippen molar-refractivity contribution >= 4 is 17.5 Å². The summed E-state index contributed by atoms with van der Waals surface area (Å²) in [5.41, 5.74) is 2.04. The van der Waals surface area contributed by atoms with Crippen LogP contribution in [0.5, 0.6) is 5.75 Å². The van der Waals surface area contributed by atoms with Crippen LogP contribution in [0.2, 0.25) is 5.02 Å². The summed E-state index contributed by atoms with van der Waals surface area (Å²) in [7, 11) is 0. The van der Waals surface area contributed by atoms with Gasteiger partial charge in [0.15, 0.2) is 0 Å². The van der Waals surface area contributed by atoms with Gasteiger partial charge in [0.1, 0.15) is 11.6 Å². The van der Waals surface area contributed by atoms with E-state index in [0.717, 1.165) is 43.1 Å². The van der Waals surface area contributed by atoms with Crippen LogP contribution in [0, 0.1) is 6.92 Å². The second-order valence-electron chi connectivity index (χ2n) is 7.59. The molecule has 1 aliphatic heterocycles. The maximum absolute atomic E-state index is 12.6. The average molecular weight is 428 g/mol. The fourth-order valence-electron chi connectivity index (χ4n) is 3.79. The number of para-hydroxylation sites is 1. The van der Waals surface area contributed by atoms with Gasteiger partial charge in [-0.05, 0) is 31.5 Å². The number of hydrogen-bond donors (Lipinski definition) is 1. The highest BCUT2D eigenvalue weighted by atomic mass is 35.5. The van der Waals surface area contributed by atoms with E-state index in [1.807, 2.05) is 46.9 Å². The van der Waals surface area contributed by atoms with E-state index in [9.17, 15) is 4.79 Å². The van der Waals surface area contributed by atoms with Crippen LogP contribution in [0.25, 0.3) is 0 Å². The molecule has 1 unspecified atom stereocenters. The smallest absolute Gasteiger partial charge is 0.224 e. The predicted octanol–water partition coefficient (Wildman–Crippen LogP) is 3.60. The molecular weight excluding hydrogens is 402 g/mol. The molecule has 7 nitrogen and oxygen atoms in total. The van der Waals surface area contributed by atoms with Gasteiger partial charge in [-0.15, -0.1) is 0 Å². The fourth-order valence-corrected chi connectivity index (χ4v) is 3.98. The lowest BCUT2D eigenvalue weighted by atomic mass is 10.0. The molecule has 1 N–H and O–H groups in total. The van der Waals surface area contributed by atoms with Crippen LogP contribution >= 0.6 is 11.6 Å². The number of nitrogens with one attached hydrogen (secondary N) is 1. The number of halogens is 1. The molecule has 1 aromatic carbocycles. The molecule has 0 aliphatic carbocycles. The van der Waals surface area contributed by atoms with Gasteiger partial charge in [-0.1, -0.05) is 23.7 Å². The molecule has 0 bridgehead atoms. The Morgan fingerprint density at radius 3 is 3.03 bits per heavy atom. The first kappa shape index (κ1) is 20.5. The second kappa shape index (κ2) is 9.34. The molecule has 8 heteroatoms. The minimum Gasteiger partial charge on any atom is -0.492 e. The monoisotopic (exact) mass is 427 g/mol. The Morgan fingerprint density at radius 2 is 2.23 bits per heavy atom. The van der Waals surface area contributed by atoms with Gasteiger partial charge in [-0.3, -0.25) is 9.89 Å². The molecule has 0 saturated carbocycles. The van der Waals surface area contributed by atoms with Gasteiger partial charge in [-0.25, -0.2) is 4.98 Å². The quantitative estimate of drug-likeness (QED) is 0.596. The van der Waals surface area contributed by atoms with Gasteiger partial charge in [0.25, 0.3) is 0 Å². The Bertz CT molecular complexity index is 999. The summed E-state index contributed by atoms with van der Waals surface area (Å²) in [6.07, 6.45) is 5.83. The van der Waals surface area contributed by atoms with Crippen LogP contribution in [-0.4, -0.2) is 50.3 Å². The molecule has 30 heavy (non-hydrogen) atoms. The number of H-pyrrole nitrogens is 1. The molecule has 1 aliphatic rings. The van der Waals surface area contributed by atoms with E-state index in [0.29, 0.717) is 30.3 Å². The summed E-state index contributed by atoms with van der Waals surface area (Å²) in [5.74, 6) is 2.09. The van der Waals surface area contributed by atoms with E-state index in [4.69, 9.17) is 16.3 Å². The van der Waals surface area contributed by atoms with Crippen molar-refractivity contribution in [3.8, 4) is 5.75 Å². The van der Waals surface area contributed by atoms with Crippen LogP contribution in [0.15, 0.2) is 42.7 Å². The number of amides is 1. The number of aromatic amines is 1. The highest BCUT2D eigenvalue weighted by Gasteiger charge is 2.28. The Hall–Kier alpha value is -2.80. The summed E-state index contributed by atoms with van der Waals surface area (Å²) in [6, 6.07) is 9.54. The number of carbonyl (C=O) groups is 1. The number of imidazole rings is 1. The summed E-state index contributed by atoms with van der Waals surface area (Å²) in [4.78, 5) is 18.7. The molecule has 1 fully saturated rings. The largest absolute Gasteiger partial charge is 0.492 e. The van der Waals surface area contributed by atoms with Gasteiger partial charge in [0.05, 0.1) is 17.3 Å². The highest BCUT2D eigenvalue weighted by Crippen LogP contribution is 2.27. The van der Waals surface area contributed by atoms with Crippen molar-refractivity contribution < 1.29 is 9.53 Å². The molecule has 1 atom stereocenters. The van der Waals surface area contributed by atoms with Crippen LogP contribution < -0.4 is 4.74 Å². The van der Waals surface area contributed by atoms with E-state index in [-0.39, 0.29) is 11.8 Å². The van der Waals surface area contributed by atoms with Crippen LogP contribution in [0.1, 0.15) is 36.0 Å². The number of nitrogens with zero attached hydrogens (tertiary/aromatic N) is 4. The Kier molecular flexibility index (Phi) is 6.38. The molecule has 158 valence electrons. The molecule has 3 aromatic rings. The lowest BCUT2D eigenvalue weighted by Crippen LogP contribution is -2.29. The van der Waals surface area contributed by atoms with Crippen LogP contribution in [0.4, 0.5) is 0 Å². The third-order valence-corrected chi connectivity index (χ3v) is 5.88. The van der Waals surface area contributed by atoms with Crippen molar-refractivity contribution in [2.24, 2.45) is 0 Å². The number of rotatable bonds is 8. The number of hydrogen-bond acceptors (Lipinski definition) is 4. The first-order chi connectivity index (χ1) is 14.6. The van der Waals surface area contributed by atoms with E-state index in [1.54, 1.807) is 6.20 Å². The second-order valence-corrected chi connectivity index (χ2v) is 8.00. The Morgan fingerprint density at radius 1 is 1.37 bits per heavy atom. The van der Waals surface area contributed by atoms with Crippen molar-refractivity contribution in [1.29, 1.82) is 0 Å². The minimum absolute atomic E-state index is 0.189. The zero-order valence-corrected chi connectivity index (χ0v) is 17.8. The molecule has 1 saturated heterocycles. The number of aromatic nitrogens is 4. The first-order valence-corrected chi connectivity index (χ1v) is 10.6. The third kappa shape index (κ3) is 4.84. The van der Waals surface area contributed by atoms with Crippen LogP contribution in [0.3, 0.4) is 0 Å². The van der Waals surface area contributed by atoms with E-state index >= 15 is 0 Å². The van der Waals surface area contributed by atoms with Crippen molar-refractivity contribution in [2.75, 3.05) is 19.7 Å². The van der Waals surface area contributed by atoms with E-state index in [2.05, 4.69) is 21.2 Å². The van der Waals surface area contributed by atoms with Gasteiger partial charge in [0, 0.05) is 56.5 Å². The van der Waals surface area contributed by atoms with Crippen LogP contribution in [-0.2, 0) is 17.8 Å². The number of carbonyl (C=O) groups excluding carboxylic acids is 1. The summed E-state index contributed by atoms with van der Waals surface area (Å²) < 4.78 is 7.76. The van der Waals surface area contributed by atoms with Crippen molar-refractivity contribution in [3.63, 3.8) is 0 Å². The molecule has 0 spiro atoms. The fraction of sp³-hybridized carbons (Fsp3) is 0.409. The number of aryl methyl sites for hydroxylation is 2. The third-order valence-electron chi connectivity index (χ3n) is 5.57. The zero-order chi connectivity index (χ0) is 20.9. The molecule has 2 aromatic heterocycles. The number of ether oxygens (including phenoxy) is 1. The molecular formula is C22H26ClN5O2.